The van der Waals surface area contributed by atoms with E-state index in [9.17, 15) is 5.11 Å². The summed E-state index contributed by atoms with van der Waals surface area (Å²) in [6.07, 6.45) is 13.5. The maximum Gasteiger partial charge on any atom is 0.0581 e. The molecule has 1 heterocycles. The van der Waals surface area contributed by atoms with Crippen molar-refractivity contribution < 1.29 is 5.11 Å². The van der Waals surface area contributed by atoms with E-state index < -0.39 is 0 Å². The number of hydrogen-bond acceptors (Lipinski definition) is 2. The second-order valence-corrected chi connectivity index (χ2v) is 5.46. The molecule has 0 radical (unpaired) electrons. The van der Waals surface area contributed by atoms with E-state index in [1.807, 2.05) is 19.4 Å². The zero-order chi connectivity index (χ0) is 12.1. The van der Waals surface area contributed by atoms with Crippen molar-refractivity contribution in [1.29, 1.82) is 0 Å². The summed E-state index contributed by atoms with van der Waals surface area (Å²) < 4.78 is 1.79. The van der Waals surface area contributed by atoms with Crippen LogP contribution < -0.4 is 0 Å². The predicted octanol–water partition coefficient (Wildman–Crippen LogP) is 2.68. The largest absolute Gasteiger partial charge is 0.393 e. The molecule has 1 saturated carbocycles. The number of hydrogen-bond donors (Lipinski definition) is 1. The van der Waals surface area contributed by atoms with Crippen LogP contribution in [0.2, 0.25) is 0 Å². The lowest BCUT2D eigenvalue weighted by Gasteiger charge is -2.22. The molecule has 96 valence electrons. The van der Waals surface area contributed by atoms with Crippen molar-refractivity contribution in [2.45, 2.75) is 57.5 Å². The second-order valence-electron chi connectivity index (χ2n) is 5.46. The number of aliphatic hydroxyl groups is 1. The Labute approximate surface area is 104 Å². The van der Waals surface area contributed by atoms with Gasteiger partial charge in [0.1, 0.15) is 0 Å². The topological polar surface area (TPSA) is 38.0 Å². The Kier molecular flexibility index (Phi) is 4.60. The van der Waals surface area contributed by atoms with Crippen molar-refractivity contribution in [3.05, 3.63) is 18.0 Å². The molecule has 0 aliphatic heterocycles. The highest BCUT2D eigenvalue weighted by molar-refractivity contribution is 5.04. The van der Waals surface area contributed by atoms with E-state index in [4.69, 9.17) is 0 Å². The first-order valence-corrected chi connectivity index (χ1v) is 6.89. The molecule has 0 amide bonds. The maximum atomic E-state index is 10.0. The molecule has 1 aromatic rings. The lowest BCUT2D eigenvalue weighted by molar-refractivity contribution is 0.149. The minimum Gasteiger partial charge on any atom is -0.393 e. The first kappa shape index (κ1) is 12.6. The van der Waals surface area contributed by atoms with Crippen molar-refractivity contribution in [1.82, 2.24) is 9.78 Å². The highest BCUT2D eigenvalue weighted by atomic mass is 16.3. The highest BCUT2D eigenvalue weighted by Gasteiger charge is 2.15. The Morgan fingerprint density at radius 1 is 1.41 bits per heavy atom. The Morgan fingerprint density at radius 3 is 2.82 bits per heavy atom. The van der Waals surface area contributed by atoms with Crippen LogP contribution in [0, 0.1) is 5.92 Å². The monoisotopic (exact) mass is 236 g/mol. The average Bonchev–Trinajstić information content (AvgIpc) is 2.73. The van der Waals surface area contributed by atoms with E-state index in [1.165, 1.54) is 38.5 Å². The average molecular weight is 236 g/mol. The van der Waals surface area contributed by atoms with Crippen LogP contribution in [0.5, 0.6) is 0 Å². The quantitative estimate of drug-likeness (QED) is 0.853. The fourth-order valence-electron chi connectivity index (χ4n) is 2.86. The van der Waals surface area contributed by atoms with Gasteiger partial charge >= 0.3 is 0 Å². The molecule has 17 heavy (non-hydrogen) atoms. The van der Waals surface area contributed by atoms with Crippen LogP contribution in [0.15, 0.2) is 12.4 Å². The van der Waals surface area contributed by atoms with Crippen LogP contribution in [0.1, 0.15) is 50.5 Å². The second kappa shape index (κ2) is 6.20. The molecule has 0 bridgehead atoms. The van der Waals surface area contributed by atoms with Gasteiger partial charge in [0.05, 0.1) is 12.3 Å². The summed E-state index contributed by atoms with van der Waals surface area (Å²) in [5.41, 5.74) is 1.14. The predicted molar refractivity (Wildman–Crippen MR) is 68.7 cm³/mol. The number of aliphatic hydroxyl groups excluding tert-OH is 1. The standard InChI is InChI=1S/C14H24N2O/c1-16-11-13(10-15-16)9-14(17)8-7-12-5-3-2-4-6-12/h10-12,14,17H,2-9H2,1H3. The molecule has 0 saturated heterocycles. The third-order valence-corrected chi connectivity index (χ3v) is 3.86. The fraction of sp³-hybridized carbons (Fsp3) is 0.786. The van der Waals surface area contributed by atoms with Gasteiger partial charge in [-0.15, -0.1) is 0 Å². The first-order chi connectivity index (χ1) is 8.24. The third kappa shape index (κ3) is 4.15. The summed E-state index contributed by atoms with van der Waals surface area (Å²) >= 11 is 0. The van der Waals surface area contributed by atoms with Crippen molar-refractivity contribution in [3.8, 4) is 0 Å². The van der Waals surface area contributed by atoms with Crippen LogP contribution in [-0.2, 0) is 13.5 Å². The number of aryl methyl sites for hydroxylation is 1. The van der Waals surface area contributed by atoms with E-state index >= 15 is 0 Å². The Hall–Kier alpha value is -0.830. The SMILES string of the molecule is Cn1cc(CC(O)CCC2CCCCC2)cn1. The normalized spacial score (nSPS) is 19.4. The maximum absolute atomic E-state index is 10.0. The van der Waals surface area contributed by atoms with Gasteiger partial charge in [-0.1, -0.05) is 32.1 Å². The third-order valence-electron chi connectivity index (χ3n) is 3.86. The number of rotatable bonds is 5. The molecule has 1 aliphatic rings. The fourth-order valence-corrected chi connectivity index (χ4v) is 2.86. The molecule has 0 spiro atoms. The van der Waals surface area contributed by atoms with Gasteiger partial charge in [0.15, 0.2) is 0 Å². The van der Waals surface area contributed by atoms with Crippen LogP contribution >= 0.6 is 0 Å². The van der Waals surface area contributed by atoms with Gasteiger partial charge < -0.3 is 5.11 Å². The molecule has 1 atom stereocenters. The molecular formula is C14H24N2O. The smallest absolute Gasteiger partial charge is 0.0581 e. The van der Waals surface area contributed by atoms with Crippen molar-refractivity contribution in [2.24, 2.45) is 13.0 Å². The van der Waals surface area contributed by atoms with Gasteiger partial charge in [0, 0.05) is 19.7 Å². The Balaban J connectivity index is 1.68. The van der Waals surface area contributed by atoms with Crippen molar-refractivity contribution >= 4 is 0 Å². The molecular weight excluding hydrogens is 212 g/mol. The Morgan fingerprint density at radius 2 is 2.18 bits per heavy atom. The first-order valence-electron chi connectivity index (χ1n) is 6.89. The highest BCUT2D eigenvalue weighted by Crippen LogP contribution is 2.28. The zero-order valence-electron chi connectivity index (χ0n) is 10.8. The summed E-state index contributed by atoms with van der Waals surface area (Å²) in [5.74, 6) is 0.868. The number of nitrogens with zero attached hydrogens (tertiary/aromatic N) is 2. The molecule has 1 N–H and O–H groups in total. The van der Waals surface area contributed by atoms with Gasteiger partial charge in [-0.25, -0.2) is 0 Å². The molecule has 3 heteroatoms. The van der Waals surface area contributed by atoms with Gasteiger partial charge in [-0.05, 0) is 24.3 Å². The van der Waals surface area contributed by atoms with Gasteiger partial charge in [-0.3, -0.25) is 4.68 Å². The van der Waals surface area contributed by atoms with Crippen molar-refractivity contribution in [3.63, 3.8) is 0 Å². The van der Waals surface area contributed by atoms with Crippen molar-refractivity contribution in [2.75, 3.05) is 0 Å². The zero-order valence-corrected chi connectivity index (χ0v) is 10.8. The number of aromatic nitrogens is 2. The lowest BCUT2D eigenvalue weighted by Crippen LogP contribution is -2.14. The van der Waals surface area contributed by atoms with E-state index in [2.05, 4.69) is 5.10 Å². The molecule has 0 aromatic carbocycles. The summed E-state index contributed by atoms with van der Waals surface area (Å²) in [5, 5.41) is 14.1. The van der Waals surface area contributed by atoms with Crippen LogP contribution in [0.4, 0.5) is 0 Å². The summed E-state index contributed by atoms with van der Waals surface area (Å²) in [4.78, 5) is 0. The van der Waals surface area contributed by atoms with Crippen LogP contribution in [0.3, 0.4) is 0 Å². The van der Waals surface area contributed by atoms with E-state index in [-0.39, 0.29) is 6.10 Å². The molecule has 1 aliphatic carbocycles. The minimum atomic E-state index is -0.193. The van der Waals surface area contributed by atoms with Crippen LogP contribution in [0.25, 0.3) is 0 Å². The molecule has 3 nitrogen and oxygen atoms in total. The molecule has 1 unspecified atom stereocenters. The molecule has 2 rings (SSSR count). The molecule has 1 aromatic heterocycles. The summed E-state index contributed by atoms with van der Waals surface area (Å²) in [6.45, 7) is 0. The molecule has 1 fully saturated rings. The van der Waals surface area contributed by atoms with Gasteiger partial charge in [-0.2, -0.15) is 5.10 Å². The van der Waals surface area contributed by atoms with Crippen LogP contribution in [-0.4, -0.2) is 21.0 Å². The van der Waals surface area contributed by atoms with Gasteiger partial charge in [0.25, 0.3) is 0 Å². The van der Waals surface area contributed by atoms with E-state index in [0.29, 0.717) is 0 Å². The minimum absolute atomic E-state index is 0.193. The van der Waals surface area contributed by atoms with E-state index in [0.717, 1.165) is 24.3 Å². The lowest BCUT2D eigenvalue weighted by atomic mass is 9.85. The summed E-state index contributed by atoms with van der Waals surface area (Å²) in [6, 6.07) is 0. The van der Waals surface area contributed by atoms with Gasteiger partial charge in [0.2, 0.25) is 0 Å². The summed E-state index contributed by atoms with van der Waals surface area (Å²) in [7, 11) is 1.91. The Bertz CT molecular complexity index is 329. The van der Waals surface area contributed by atoms with E-state index in [1.54, 1.807) is 4.68 Å².